The molecule has 6 aliphatic carbocycles. The van der Waals surface area contributed by atoms with Gasteiger partial charge in [-0.3, -0.25) is 28.8 Å². The third-order valence-corrected chi connectivity index (χ3v) is 25.7. The van der Waals surface area contributed by atoms with Crippen molar-refractivity contribution >= 4 is 47.8 Å². The van der Waals surface area contributed by atoms with Gasteiger partial charge < -0.3 is 62.7 Å². The Morgan fingerprint density at radius 3 is 1.31 bits per heavy atom. The summed E-state index contributed by atoms with van der Waals surface area (Å²) >= 11 is 0. The van der Waals surface area contributed by atoms with Crippen molar-refractivity contribution in [1.29, 1.82) is 0 Å². The number of fused-ring (bicyclic) bond motifs is 1. The standard InChI is InChI=1S/C27H42O9.C20H32O5.C14H28O2.C12H16O3.2C10H14O/c1-8-25(6,7)21(29)33-15-18(28)34-19-16-13-17-20(19)35-22(30)27(17,14-16)23(31)36-24(32-12-5)26(9-2,10-3)11-4;1-5-19(2,3)17(22)24-12-16(21)25-18(23-4)20-9-13-6-14(10-20)8-15(7-13)11-20;1-8-14(6,7)13(15)16-12(11(4)5)9-10(2)3;1-4-12(2,3)11(14)15-10-7-5-9(13)6-8-10;2*1-3-8(2)9-4-6-10(11)7-5-9/h16-17,19-20,24H,8-15H2,1-7H3;13-15,18H,5-12H2,1-4H3;10-12H,8-9H2,1-7H3;5-8,13H,4H2,1-3H3;2*4-8,11H,3H2,1-2H3. The highest BCUT2D eigenvalue weighted by Crippen LogP contribution is 2.64. The molecule has 10 unspecified atom stereocenters. The average molecular weight is 1600 g/mol. The van der Waals surface area contributed by atoms with Crippen LogP contribution in [0.5, 0.6) is 23.0 Å². The Bertz CT molecular complexity index is 3400. The fraction of sp³-hybridized carbons (Fsp3) is 0.720. The summed E-state index contributed by atoms with van der Waals surface area (Å²) in [5, 5.41) is 27.1. The third kappa shape index (κ3) is 26.9. The Morgan fingerprint density at radius 1 is 0.509 bits per heavy atom. The lowest BCUT2D eigenvalue weighted by atomic mass is 9.49. The molecule has 6 saturated carbocycles. The van der Waals surface area contributed by atoms with E-state index in [1.807, 2.05) is 121 Å². The van der Waals surface area contributed by atoms with Gasteiger partial charge in [-0.2, -0.15) is 0 Å². The van der Waals surface area contributed by atoms with Crippen LogP contribution >= 0.6 is 0 Å². The van der Waals surface area contributed by atoms with Crippen molar-refractivity contribution in [3.8, 4) is 23.0 Å². The van der Waals surface area contributed by atoms with Crippen LogP contribution < -0.4 is 4.74 Å². The molecule has 3 N–H and O–H groups in total. The zero-order valence-corrected chi connectivity index (χ0v) is 74.1. The molecule has 114 heavy (non-hydrogen) atoms. The number of carbonyl (C=O) groups excluding carboxylic acids is 8. The number of methoxy groups -OCH3 is 1. The minimum absolute atomic E-state index is 0.0359. The molecule has 644 valence electrons. The normalized spacial score (nSPS) is 22.9. The molecule has 3 aromatic carbocycles. The molecular weight excluding hydrogens is 1450 g/mol. The Morgan fingerprint density at radius 2 is 0.921 bits per heavy atom. The van der Waals surface area contributed by atoms with Crippen molar-refractivity contribution in [2.24, 2.45) is 79.3 Å². The first-order chi connectivity index (χ1) is 53.4. The van der Waals surface area contributed by atoms with Gasteiger partial charge in [-0.15, -0.1) is 0 Å². The molecular formula is C93H146O21. The fourth-order valence-corrected chi connectivity index (χ4v) is 15.9. The van der Waals surface area contributed by atoms with Gasteiger partial charge in [-0.1, -0.05) is 128 Å². The number of carbonyl (C=O) groups is 8. The van der Waals surface area contributed by atoms with Gasteiger partial charge in [0.1, 0.15) is 41.3 Å². The second-order valence-corrected chi connectivity index (χ2v) is 36.2. The molecule has 0 amide bonds. The minimum atomic E-state index is -1.40. The second kappa shape index (κ2) is 44.3. The summed E-state index contributed by atoms with van der Waals surface area (Å²) in [4.78, 5) is 99.1. The summed E-state index contributed by atoms with van der Waals surface area (Å²) < 4.78 is 55.4. The van der Waals surface area contributed by atoms with Crippen LogP contribution in [-0.4, -0.2) is 121 Å². The van der Waals surface area contributed by atoms with Crippen LogP contribution in [0.25, 0.3) is 0 Å². The van der Waals surface area contributed by atoms with E-state index >= 15 is 0 Å². The van der Waals surface area contributed by atoms with Gasteiger partial charge >= 0.3 is 47.8 Å². The molecule has 10 atom stereocenters. The van der Waals surface area contributed by atoms with Gasteiger partial charge in [-0.25, -0.2) is 9.59 Å². The van der Waals surface area contributed by atoms with E-state index in [2.05, 4.69) is 55.4 Å². The van der Waals surface area contributed by atoms with E-state index in [0.717, 1.165) is 88.4 Å². The molecule has 1 heterocycles. The maximum Gasteiger partial charge on any atom is 0.346 e. The summed E-state index contributed by atoms with van der Waals surface area (Å²) in [5.41, 5.74) is -1.29. The van der Waals surface area contributed by atoms with Crippen LogP contribution in [-0.2, 0) is 81.0 Å². The topological polar surface area (TPSA) is 290 Å². The SMILES string of the molecule is CCC(C)(C)C(=O)OC(CC(C)C)C(C)C.CCC(C)(C)C(=O)OCC(=O)OC(OC)C12CC3CC(CC(C3)C1)C2.CCC(C)(C)C(=O)Oc1ccc(O)cc1.CCC(C)c1ccc(O)cc1.CCC(C)c1ccc(O)cc1.CCOC(OC(=O)C12CC3CC1C(OC2=O)C3OC(=O)COC(=O)C(C)(C)CC)C(CC)(CC)CC. The Kier molecular flexibility index (Phi) is 38.5. The maximum atomic E-state index is 13.6. The summed E-state index contributed by atoms with van der Waals surface area (Å²) in [5.74, 6) is 1.47. The van der Waals surface area contributed by atoms with Crippen molar-refractivity contribution in [2.45, 2.75) is 324 Å². The lowest BCUT2D eigenvalue weighted by Gasteiger charge is -2.58. The smallest absolute Gasteiger partial charge is 0.346 e. The molecule has 1 saturated heterocycles. The maximum absolute atomic E-state index is 13.6. The van der Waals surface area contributed by atoms with Crippen LogP contribution in [0.15, 0.2) is 72.8 Å². The quantitative estimate of drug-likeness (QED) is 0.0168. The van der Waals surface area contributed by atoms with E-state index in [0.29, 0.717) is 66.8 Å². The first-order valence-corrected chi connectivity index (χ1v) is 42.5. The van der Waals surface area contributed by atoms with E-state index < -0.39 is 88.8 Å². The molecule has 21 heteroatoms. The van der Waals surface area contributed by atoms with Crippen molar-refractivity contribution in [3.63, 3.8) is 0 Å². The van der Waals surface area contributed by atoms with Crippen LogP contribution in [0, 0.1) is 79.3 Å². The van der Waals surface area contributed by atoms with E-state index in [1.165, 1.54) is 42.5 Å². The van der Waals surface area contributed by atoms with Crippen LogP contribution in [0.2, 0.25) is 0 Å². The van der Waals surface area contributed by atoms with Gasteiger partial charge in [0.15, 0.2) is 18.6 Å². The Hall–Kier alpha value is -7.26. The van der Waals surface area contributed by atoms with Crippen molar-refractivity contribution < 1.29 is 101 Å². The molecule has 7 aliphatic rings. The predicted molar refractivity (Wildman–Crippen MR) is 440 cm³/mol. The zero-order chi connectivity index (χ0) is 86.1. The van der Waals surface area contributed by atoms with E-state index in [-0.39, 0.29) is 65.0 Å². The Labute approximate surface area is 683 Å². The first kappa shape index (κ1) is 99.1. The number of phenolic OH excluding ortho intramolecular Hbond substituents is 3. The number of ether oxygens (including phenoxy) is 10. The summed E-state index contributed by atoms with van der Waals surface area (Å²) in [6.45, 7) is 47.2. The number of benzene rings is 3. The van der Waals surface area contributed by atoms with E-state index in [4.69, 9.17) is 62.7 Å². The Balaban J connectivity index is 0.000000306. The number of phenols is 3. The highest BCUT2D eigenvalue weighted by Gasteiger charge is 2.76. The first-order valence-electron chi connectivity index (χ1n) is 42.5. The monoisotopic (exact) mass is 1600 g/mol. The van der Waals surface area contributed by atoms with Crippen LogP contribution in [0.1, 0.15) is 305 Å². The lowest BCUT2D eigenvalue weighted by Crippen LogP contribution is -2.53. The number of aromatic hydroxyl groups is 3. The number of hydrogen-bond acceptors (Lipinski definition) is 21. The van der Waals surface area contributed by atoms with Crippen molar-refractivity contribution in [1.82, 2.24) is 0 Å². The van der Waals surface area contributed by atoms with Crippen LogP contribution in [0.3, 0.4) is 0 Å². The molecule has 10 rings (SSSR count). The fourth-order valence-electron chi connectivity index (χ4n) is 15.9. The van der Waals surface area contributed by atoms with E-state index in [1.54, 1.807) is 57.4 Å². The van der Waals surface area contributed by atoms with Gasteiger partial charge in [0.25, 0.3) is 0 Å². The molecule has 7 fully saturated rings. The van der Waals surface area contributed by atoms with Gasteiger partial charge in [0, 0.05) is 36.4 Å². The number of rotatable bonds is 33. The molecule has 3 aromatic rings. The molecule has 21 nitrogen and oxygen atoms in total. The summed E-state index contributed by atoms with van der Waals surface area (Å²) in [7, 11) is 1.61. The number of hydrogen-bond donors (Lipinski definition) is 3. The predicted octanol–water partition coefficient (Wildman–Crippen LogP) is 20.2. The van der Waals surface area contributed by atoms with Gasteiger partial charge in [0.05, 0.1) is 21.7 Å². The highest BCUT2D eigenvalue weighted by atomic mass is 16.7. The average Bonchev–Trinajstić information content (AvgIpc) is 1.52. The van der Waals surface area contributed by atoms with Gasteiger partial charge in [-0.05, 0) is 279 Å². The largest absolute Gasteiger partial charge is 0.508 e. The molecule has 0 spiro atoms. The zero-order valence-electron chi connectivity index (χ0n) is 74.1. The van der Waals surface area contributed by atoms with Crippen molar-refractivity contribution in [2.75, 3.05) is 26.9 Å². The lowest BCUT2D eigenvalue weighted by molar-refractivity contribution is -0.238. The van der Waals surface area contributed by atoms with E-state index in [9.17, 15) is 38.4 Å². The number of esters is 8. The second-order valence-electron chi connectivity index (χ2n) is 36.2. The summed E-state index contributed by atoms with van der Waals surface area (Å²) in [6.07, 6.45) is 13.7. The summed E-state index contributed by atoms with van der Waals surface area (Å²) in [6, 6.07) is 21.0. The van der Waals surface area contributed by atoms with Gasteiger partial charge in [0.2, 0.25) is 12.6 Å². The third-order valence-electron chi connectivity index (χ3n) is 25.7. The molecule has 1 aliphatic heterocycles. The van der Waals surface area contributed by atoms with Crippen molar-refractivity contribution in [3.05, 3.63) is 83.9 Å². The molecule has 0 aromatic heterocycles. The minimum Gasteiger partial charge on any atom is -0.508 e. The highest BCUT2D eigenvalue weighted by molar-refractivity contribution is 6.03. The van der Waals surface area contributed by atoms with Crippen LogP contribution in [0.4, 0.5) is 0 Å². The molecule has 0 radical (unpaired) electrons. The molecule has 6 bridgehead atoms.